The summed E-state index contributed by atoms with van der Waals surface area (Å²) in [6.45, 7) is 7.51. The second kappa shape index (κ2) is 6.23. The summed E-state index contributed by atoms with van der Waals surface area (Å²) >= 11 is 6.03. The van der Waals surface area contributed by atoms with Gasteiger partial charge in [0.2, 0.25) is 0 Å². The van der Waals surface area contributed by atoms with Gasteiger partial charge in [-0.25, -0.2) is 0 Å². The molecule has 5 heteroatoms. The topological polar surface area (TPSA) is 50.1 Å². The smallest absolute Gasteiger partial charge is 0.110 e. The van der Waals surface area contributed by atoms with E-state index in [0.29, 0.717) is 17.3 Å². The summed E-state index contributed by atoms with van der Waals surface area (Å²) in [4.78, 5) is 0. The fraction of sp³-hybridized carbons (Fsp3) is 0.727. The summed E-state index contributed by atoms with van der Waals surface area (Å²) in [5.74, 6) is 0. The highest BCUT2D eigenvalue weighted by molar-refractivity contribution is 6.31. The average Bonchev–Trinajstić information content (AvgIpc) is 2.60. The Morgan fingerprint density at radius 2 is 2.25 bits per heavy atom. The first-order chi connectivity index (χ1) is 7.57. The van der Waals surface area contributed by atoms with Crippen LogP contribution < -0.4 is 5.32 Å². The van der Waals surface area contributed by atoms with Crippen LogP contribution in [0.25, 0.3) is 0 Å². The standard InChI is InChI=1S/C11H20ClN3O/c1-4-5-13-7-10(16)11-9(12)6-14-15(11)8(2)3/h6,8,10,13,16H,4-5,7H2,1-3H3. The van der Waals surface area contributed by atoms with Crippen molar-refractivity contribution >= 4 is 11.6 Å². The molecule has 4 nitrogen and oxygen atoms in total. The van der Waals surface area contributed by atoms with Gasteiger partial charge in [-0.15, -0.1) is 0 Å². The number of hydrogen-bond donors (Lipinski definition) is 2. The highest BCUT2D eigenvalue weighted by Crippen LogP contribution is 2.24. The molecular formula is C11H20ClN3O. The Labute approximate surface area is 102 Å². The van der Waals surface area contributed by atoms with E-state index in [2.05, 4.69) is 17.3 Å². The second-order valence-electron chi connectivity index (χ2n) is 4.14. The third-order valence-electron chi connectivity index (χ3n) is 2.36. The lowest BCUT2D eigenvalue weighted by atomic mass is 10.2. The predicted molar refractivity (Wildman–Crippen MR) is 65.7 cm³/mol. The van der Waals surface area contributed by atoms with Crippen molar-refractivity contribution in [2.45, 2.75) is 39.3 Å². The maximum Gasteiger partial charge on any atom is 0.110 e. The molecule has 1 aromatic rings. The SMILES string of the molecule is CCCNCC(O)c1c(Cl)cnn1C(C)C. The summed E-state index contributed by atoms with van der Waals surface area (Å²) in [5, 5.41) is 17.9. The Bertz CT molecular complexity index is 325. The van der Waals surface area contributed by atoms with Gasteiger partial charge in [0.25, 0.3) is 0 Å². The van der Waals surface area contributed by atoms with Crippen molar-refractivity contribution in [2.24, 2.45) is 0 Å². The minimum atomic E-state index is -0.607. The molecule has 1 unspecified atom stereocenters. The molecule has 1 aromatic heterocycles. The summed E-state index contributed by atoms with van der Waals surface area (Å²) in [6, 6.07) is 0.198. The molecular weight excluding hydrogens is 226 g/mol. The Kier molecular flexibility index (Phi) is 5.25. The molecule has 16 heavy (non-hydrogen) atoms. The van der Waals surface area contributed by atoms with Crippen molar-refractivity contribution in [1.82, 2.24) is 15.1 Å². The van der Waals surface area contributed by atoms with Gasteiger partial charge in [-0.05, 0) is 26.8 Å². The zero-order chi connectivity index (χ0) is 12.1. The number of hydrogen-bond acceptors (Lipinski definition) is 3. The lowest BCUT2D eigenvalue weighted by Crippen LogP contribution is -2.24. The fourth-order valence-corrected chi connectivity index (χ4v) is 1.84. The quantitative estimate of drug-likeness (QED) is 0.755. The third kappa shape index (κ3) is 3.20. The first kappa shape index (κ1) is 13.5. The van der Waals surface area contributed by atoms with Gasteiger partial charge in [0.15, 0.2) is 0 Å². The van der Waals surface area contributed by atoms with Gasteiger partial charge in [0.1, 0.15) is 6.10 Å². The van der Waals surface area contributed by atoms with Crippen LogP contribution in [-0.2, 0) is 0 Å². The highest BCUT2D eigenvalue weighted by Gasteiger charge is 2.19. The highest BCUT2D eigenvalue weighted by atomic mass is 35.5. The average molecular weight is 246 g/mol. The van der Waals surface area contributed by atoms with Crippen LogP contribution in [0.3, 0.4) is 0 Å². The van der Waals surface area contributed by atoms with Crippen molar-refractivity contribution in [3.05, 3.63) is 16.9 Å². The molecule has 0 saturated heterocycles. The molecule has 0 saturated carbocycles. The predicted octanol–water partition coefficient (Wildman–Crippen LogP) is 2.15. The van der Waals surface area contributed by atoms with Crippen LogP contribution in [0.15, 0.2) is 6.20 Å². The Hall–Kier alpha value is -0.580. The normalized spacial score (nSPS) is 13.4. The van der Waals surface area contributed by atoms with E-state index < -0.39 is 6.10 Å². The summed E-state index contributed by atoms with van der Waals surface area (Å²) < 4.78 is 1.76. The lowest BCUT2D eigenvalue weighted by Gasteiger charge is -2.16. The molecule has 0 aliphatic rings. The number of aliphatic hydroxyl groups is 1. The fourth-order valence-electron chi connectivity index (χ4n) is 1.59. The molecule has 1 atom stereocenters. The molecule has 0 aliphatic heterocycles. The van der Waals surface area contributed by atoms with Gasteiger partial charge >= 0.3 is 0 Å². The van der Waals surface area contributed by atoms with E-state index in [1.165, 1.54) is 0 Å². The third-order valence-corrected chi connectivity index (χ3v) is 2.65. The molecule has 2 N–H and O–H groups in total. The van der Waals surface area contributed by atoms with Crippen LogP contribution >= 0.6 is 11.6 Å². The molecule has 1 rings (SSSR count). The van der Waals surface area contributed by atoms with Crippen molar-refractivity contribution in [2.75, 3.05) is 13.1 Å². The van der Waals surface area contributed by atoms with Gasteiger partial charge in [0.05, 0.1) is 16.9 Å². The maximum atomic E-state index is 10.0. The molecule has 1 heterocycles. The van der Waals surface area contributed by atoms with E-state index in [1.54, 1.807) is 10.9 Å². The van der Waals surface area contributed by atoms with E-state index in [0.717, 1.165) is 13.0 Å². The van der Waals surface area contributed by atoms with Crippen molar-refractivity contribution < 1.29 is 5.11 Å². The second-order valence-corrected chi connectivity index (χ2v) is 4.54. The molecule has 0 radical (unpaired) electrons. The zero-order valence-corrected chi connectivity index (χ0v) is 10.8. The number of aliphatic hydroxyl groups excluding tert-OH is 1. The molecule has 0 amide bonds. The molecule has 0 aliphatic carbocycles. The first-order valence-electron chi connectivity index (χ1n) is 5.69. The van der Waals surface area contributed by atoms with Crippen LogP contribution in [0.1, 0.15) is 45.0 Å². The van der Waals surface area contributed by atoms with Crippen molar-refractivity contribution in [1.29, 1.82) is 0 Å². The number of nitrogens with zero attached hydrogens (tertiary/aromatic N) is 2. The molecule has 0 spiro atoms. The van der Waals surface area contributed by atoms with Crippen LogP contribution in [0, 0.1) is 0 Å². The van der Waals surface area contributed by atoms with Crippen molar-refractivity contribution in [3.63, 3.8) is 0 Å². The number of aromatic nitrogens is 2. The minimum absolute atomic E-state index is 0.198. The van der Waals surface area contributed by atoms with Crippen LogP contribution in [0.5, 0.6) is 0 Å². The number of rotatable bonds is 6. The molecule has 0 bridgehead atoms. The van der Waals surface area contributed by atoms with Crippen molar-refractivity contribution in [3.8, 4) is 0 Å². The van der Waals surface area contributed by atoms with Crippen LogP contribution in [0.4, 0.5) is 0 Å². The largest absolute Gasteiger partial charge is 0.385 e. The van der Waals surface area contributed by atoms with Crippen LogP contribution in [-0.4, -0.2) is 28.0 Å². The number of halogens is 1. The molecule has 0 aromatic carbocycles. The van der Waals surface area contributed by atoms with Gasteiger partial charge in [-0.1, -0.05) is 18.5 Å². The van der Waals surface area contributed by atoms with E-state index >= 15 is 0 Å². The zero-order valence-electron chi connectivity index (χ0n) is 10.1. The van der Waals surface area contributed by atoms with E-state index in [9.17, 15) is 5.11 Å². The van der Waals surface area contributed by atoms with Gasteiger partial charge in [-0.3, -0.25) is 4.68 Å². The summed E-state index contributed by atoms with van der Waals surface area (Å²) in [7, 11) is 0. The van der Waals surface area contributed by atoms with Gasteiger partial charge in [-0.2, -0.15) is 5.10 Å². The number of nitrogens with one attached hydrogen (secondary N) is 1. The summed E-state index contributed by atoms with van der Waals surface area (Å²) in [6.07, 6.45) is 2.02. The van der Waals surface area contributed by atoms with E-state index in [1.807, 2.05) is 13.8 Å². The lowest BCUT2D eigenvalue weighted by molar-refractivity contribution is 0.162. The Balaban J connectivity index is 2.73. The van der Waals surface area contributed by atoms with Gasteiger partial charge < -0.3 is 10.4 Å². The Morgan fingerprint density at radius 3 is 2.81 bits per heavy atom. The Morgan fingerprint density at radius 1 is 1.56 bits per heavy atom. The van der Waals surface area contributed by atoms with E-state index in [-0.39, 0.29) is 6.04 Å². The van der Waals surface area contributed by atoms with Crippen LogP contribution in [0.2, 0.25) is 5.02 Å². The maximum absolute atomic E-state index is 10.0. The molecule has 0 fully saturated rings. The summed E-state index contributed by atoms with van der Waals surface area (Å²) in [5.41, 5.74) is 0.695. The van der Waals surface area contributed by atoms with E-state index in [4.69, 9.17) is 11.6 Å². The molecule has 92 valence electrons. The van der Waals surface area contributed by atoms with Gasteiger partial charge in [0, 0.05) is 12.6 Å². The minimum Gasteiger partial charge on any atom is -0.385 e. The first-order valence-corrected chi connectivity index (χ1v) is 6.07. The monoisotopic (exact) mass is 245 g/mol.